The first-order chi connectivity index (χ1) is 6.31. The predicted octanol–water partition coefficient (Wildman–Crippen LogP) is 2.70. The molecule has 2 rings (SSSR count). The Morgan fingerprint density at radius 1 is 1.38 bits per heavy atom. The molecule has 1 aromatic heterocycles. The van der Waals surface area contributed by atoms with E-state index in [-0.39, 0.29) is 0 Å². The van der Waals surface area contributed by atoms with Crippen molar-refractivity contribution in [3.63, 3.8) is 0 Å². The maximum atomic E-state index is 10.7. The summed E-state index contributed by atoms with van der Waals surface area (Å²) in [6, 6.07) is 5.24. The second-order valence-corrected chi connectivity index (χ2v) is 3.15. The lowest BCUT2D eigenvalue weighted by atomic mass is 10.1. The Balaban J connectivity index is 2.89. The van der Waals surface area contributed by atoms with Gasteiger partial charge < -0.3 is 0 Å². The number of carbonyl (C=O) groups is 1. The van der Waals surface area contributed by atoms with Crippen molar-refractivity contribution in [2.24, 2.45) is 0 Å². The molecule has 0 spiro atoms. The molecule has 1 aromatic carbocycles. The van der Waals surface area contributed by atoms with Gasteiger partial charge >= 0.3 is 0 Å². The number of halogens is 1. The Bertz CT molecular complexity index is 467. The van der Waals surface area contributed by atoms with Crippen LogP contribution in [0.15, 0.2) is 30.6 Å². The average Bonchev–Trinajstić information content (AvgIpc) is 2.16. The number of fused-ring (bicyclic) bond motifs is 1. The monoisotopic (exact) mass is 191 g/mol. The second kappa shape index (κ2) is 3.15. The topological polar surface area (TPSA) is 30.0 Å². The highest BCUT2D eigenvalue weighted by atomic mass is 35.5. The van der Waals surface area contributed by atoms with Crippen molar-refractivity contribution in [1.29, 1.82) is 0 Å². The zero-order valence-corrected chi connectivity index (χ0v) is 7.45. The van der Waals surface area contributed by atoms with Crippen LogP contribution < -0.4 is 0 Å². The SMILES string of the molecule is O=Cc1cc(Cl)cc2cnccc12. The Labute approximate surface area is 80.2 Å². The molecule has 64 valence electrons. The van der Waals surface area contributed by atoms with E-state index in [1.54, 1.807) is 30.6 Å². The van der Waals surface area contributed by atoms with Crippen LogP contribution in [-0.4, -0.2) is 11.3 Å². The van der Waals surface area contributed by atoms with Crippen LogP contribution in [0.3, 0.4) is 0 Å². The van der Waals surface area contributed by atoms with Gasteiger partial charge in [0.05, 0.1) is 0 Å². The molecule has 0 aliphatic carbocycles. The van der Waals surface area contributed by atoms with Crippen molar-refractivity contribution in [2.75, 3.05) is 0 Å². The Morgan fingerprint density at radius 3 is 3.00 bits per heavy atom. The summed E-state index contributed by atoms with van der Waals surface area (Å²) in [5.41, 5.74) is 0.602. The number of carbonyl (C=O) groups excluding carboxylic acids is 1. The van der Waals surface area contributed by atoms with Crippen LogP contribution >= 0.6 is 11.6 Å². The van der Waals surface area contributed by atoms with Crippen LogP contribution in [0.1, 0.15) is 10.4 Å². The molecule has 0 saturated heterocycles. The minimum atomic E-state index is 0.558. The summed E-state index contributed by atoms with van der Waals surface area (Å²) in [7, 11) is 0. The molecule has 0 radical (unpaired) electrons. The molecule has 0 saturated carbocycles. The fourth-order valence-electron chi connectivity index (χ4n) is 1.30. The molecule has 2 aromatic rings. The zero-order chi connectivity index (χ0) is 9.26. The molecule has 0 unspecified atom stereocenters. The van der Waals surface area contributed by atoms with E-state index in [0.29, 0.717) is 10.6 Å². The summed E-state index contributed by atoms with van der Waals surface area (Å²) in [5, 5.41) is 2.33. The fourth-order valence-corrected chi connectivity index (χ4v) is 1.53. The van der Waals surface area contributed by atoms with Gasteiger partial charge in [0.15, 0.2) is 6.29 Å². The minimum absolute atomic E-state index is 0.558. The van der Waals surface area contributed by atoms with E-state index in [9.17, 15) is 4.79 Å². The van der Waals surface area contributed by atoms with E-state index < -0.39 is 0 Å². The zero-order valence-electron chi connectivity index (χ0n) is 6.70. The van der Waals surface area contributed by atoms with Gasteiger partial charge in [0.25, 0.3) is 0 Å². The van der Waals surface area contributed by atoms with Gasteiger partial charge in [-0.1, -0.05) is 11.6 Å². The van der Waals surface area contributed by atoms with E-state index in [1.165, 1.54) is 0 Å². The van der Waals surface area contributed by atoms with Crippen LogP contribution in [0.2, 0.25) is 5.02 Å². The molecular weight excluding hydrogens is 186 g/mol. The van der Waals surface area contributed by atoms with Crippen LogP contribution in [-0.2, 0) is 0 Å². The molecule has 0 aliphatic rings. The third kappa shape index (κ3) is 1.40. The molecule has 2 nitrogen and oxygen atoms in total. The van der Waals surface area contributed by atoms with E-state index in [4.69, 9.17) is 11.6 Å². The van der Waals surface area contributed by atoms with Crippen molar-refractivity contribution in [1.82, 2.24) is 4.98 Å². The van der Waals surface area contributed by atoms with Crippen molar-refractivity contribution >= 4 is 28.7 Å². The summed E-state index contributed by atoms with van der Waals surface area (Å²) < 4.78 is 0. The van der Waals surface area contributed by atoms with Crippen LogP contribution in [0.25, 0.3) is 10.8 Å². The van der Waals surface area contributed by atoms with Crippen molar-refractivity contribution in [3.8, 4) is 0 Å². The van der Waals surface area contributed by atoms with Gasteiger partial charge in [0.1, 0.15) is 0 Å². The number of benzene rings is 1. The molecule has 3 heteroatoms. The van der Waals surface area contributed by atoms with Gasteiger partial charge in [0, 0.05) is 28.4 Å². The molecule has 0 atom stereocenters. The third-order valence-electron chi connectivity index (χ3n) is 1.88. The predicted molar refractivity (Wildman–Crippen MR) is 52.1 cm³/mol. The van der Waals surface area contributed by atoms with Crippen molar-refractivity contribution in [3.05, 3.63) is 41.2 Å². The van der Waals surface area contributed by atoms with Gasteiger partial charge in [-0.3, -0.25) is 9.78 Å². The number of pyridine rings is 1. The summed E-state index contributed by atoms with van der Waals surface area (Å²) in [5.74, 6) is 0. The Hall–Kier alpha value is -1.41. The standard InChI is InChI=1S/C10H6ClNO/c11-9-3-7-5-12-2-1-10(7)8(4-9)6-13/h1-6H. The quantitative estimate of drug-likeness (QED) is 0.649. The summed E-state index contributed by atoms with van der Waals surface area (Å²) in [4.78, 5) is 14.6. The molecule has 0 N–H and O–H groups in total. The first-order valence-corrected chi connectivity index (χ1v) is 4.17. The highest BCUT2D eigenvalue weighted by Gasteiger charge is 2.01. The maximum absolute atomic E-state index is 10.7. The molecule has 1 heterocycles. The lowest BCUT2D eigenvalue weighted by molar-refractivity contribution is 0.112. The first-order valence-electron chi connectivity index (χ1n) is 3.80. The molecule has 0 bridgehead atoms. The molecule has 0 aliphatic heterocycles. The van der Waals surface area contributed by atoms with Crippen LogP contribution in [0, 0.1) is 0 Å². The van der Waals surface area contributed by atoms with Crippen LogP contribution in [0.4, 0.5) is 0 Å². The number of hydrogen-bond donors (Lipinski definition) is 0. The number of aromatic nitrogens is 1. The Kier molecular flexibility index (Phi) is 1.99. The lowest BCUT2D eigenvalue weighted by Gasteiger charge is -2.00. The van der Waals surface area contributed by atoms with Crippen molar-refractivity contribution in [2.45, 2.75) is 0 Å². The number of nitrogens with zero attached hydrogens (tertiary/aromatic N) is 1. The first kappa shape index (κ1) is 8.20. The van der Waals surface area contributed by atoms with E-state index in [0.717, 1.165) is 17.1 Å². The smallest absolute Gasteiger partial charge is 0.150 e. The van der Waals surface area contributed by atoms with Crippen molar-refractivity contribution < 1.29 is 4.79 Å². The van der Waals surface area contributed by atoms with E-state index in [1.807, 2.05) is 0 Å². The highest BCUT2D eigenvalue weighted by molar-refractivity contribution is 6.31. The lowest BCUT2D eigenvalue weighted by Crippen LogP contribution is -1.84. The summed E-state index contributed by atoms with van der Waals surface area (Å²) in [6.07, 6.45) is 4.14. The number of aldehydes is 1. The normalized spacial score (nSPS) is 10.2. The maximum Gasteiger partial charge on any atom is 0.150 e. The number of hydrogen-bond acceptors (Lipinski definition) is 2. The fraction of sp³-hybridized carbons (Fsp3) is 0. The van der Waals surface area contributed by atoms with E-state index >= 15 is 0 Å². The van der Waals surface area contributed by atoms with Crippen LogP contribution in [0.5, 0.6) is 0 Å². The van der Waals surface area contributed by atoms with Gasteiger partial charge in [-0.25, -0.2) is 0 Å². The van der Waals surface area contributed by atoms with Gasteiger partial charge in [0.2, 0.25) is 0 Å². The minimum Gasteiger partial charge on any atom is -0.298 e. The molecule has 13 heavy (non-hydrogen) atoms. The average molecular weight is 192 g/mol. The van der Waals surface area contributed by atoms with Gasteiger partial charge in [-0.2, -0.15) is 0 Å². The Morgan fingerprint density at radius 2 is 2.23 bits per heavy atom. The number of rotatable bonds is 1. The molecule has 0 amide bonds. The van der Waals surface area contributed by atoms with Gasteiger partial charge in [-0.05, 0) is 23.6 Å². The highest BCUT2D eigenvalue weighted by Crippen LogP contribution is 2.21. The molecule has 0 fully saturated rings. The second-order valence-electron chi connectivity index (χ2n) is 2.71. The molecular formula is C10H6ClNO. The third-order valence-corrected chi connectivity index (χ3v) is 2.09. The largest absolute Gasteiger partial charge is 0.298 e. The summed E-state index contributed by atoms with van der Waals surface area (Å²) in [6.45, 7) is 0. The van der Waals surface area contributed by atoms with E-state index in [2.05, 4.69) is 4.98 Å². The van der Waals surface area contributed by atoms with Gasteiger partial charge in [-0.15, -0.1) is 0 Å². The summed E-state index contributed by atoms with van der Waals surface area (Å²) >= 11 is 5.82.